The summed E-state index contributed by atoms with van der Waals surface area (Å²) in [5.41, 5.74) is 6.41. The molecule has 16 heavy (non-hydrogen) atoms. The number of rotatable bonds is 2. The molecule has 4 nitrogen and oxygen atoms in total. The Morgan fingerprint density at radius 2 is 2.31 bits per heavy atom. The van der Waals surface area contributed by atoms with Crippen LogP contribution >= 0.6 is 0 Å². The maximum Gasteiger partial charge on any atom is 0.253 e. The fourth-order valence-electron chi connectivity index (χ4n) is 1.67. The highest BCUT2D eigenvalue weighted by Gasteiger charge is 2.22. The van der Waals surface area contributed by atoms with Gasteiger partial charge >= 0.3 is 0 Å². The van der Waals surface area contributed by atoms with Crippen molar-refractivity contribution in [2.75, 3.05) is 24.7 Å². The first-order valence-electron chi connectivity index (χ1n) is 5.09. The van der Waals surface area contributed by atoms with Gasteiger partial charge in [0.15, 0.2) is 0 Å². The molecule has 1 fully saturated rings. The summed E-state index contributed by atoms with van der Waals surface area (Å²) < 4.78 is 18.7. The number of hydrogen-bond donors (Lipinski definition) is 1. The first-order valence-corrected chi connectivity index (χ1v) is 5.09. The Kier molecular flexibility index (Phi) is 3.17. The van der Waals surface area contributed by atoms with E-state index in [-0.39, 0.29) is 19.1 Å². The van der Waals surface area contributed by atoms with Crippen LogP contribution in [0.3, 0.4) is 0 Å². The Hall–Kier alpha value is -1.46. The summed E-state index contributed by atoms with van der Waals surface area (Å²) in [6.07, 6.45) is 0. The van der Waals surface area contributed by atoms with Crippen LogP contribution in [0.1, 0.15) is 5.56 Å². The molecule has 0 radical (unpaired) electrons. The van der Waals surface area contributed by atoms with Gasteiger partial charge < -0.3 is 15.4 Å². The Morgan fingerprint density at radius 3 is 2.94 bits per heavy atom. The van der Waals surface area contributed by atoms with Gasteiger partial charge in [0.25, 0.3) is 5.91 Å². The summed E-state index contributed by atoms with van der Waals surface area (Å²) in [7, 11) is 0. The number of nitrogens with zero attached hydrogens (tertiary/aromatic N) is 1. The van der Waals surface area contributed by atoms with E-state index < -0.39 is 5.82 Å². The third-order valence-electron chi connectivity index (χ3n) is 2.52. The smallest absolute Gasteiger partial charge is 0.253 e. The normalized spacial score (nSPS) is 16.6. The minimum absolute atomic E-state index is 0.0120. The molecule has 86 valence electrons. The van der Waals surface area contributed by atoms with Crippen LogP contribution in [-0.4, -0.2) is 25.7 Å². The molecule has 0 saturated carbocycles. The lowest BCUT2D eigenvalue weighted by molar-refractivity contribution is -0.125. The van der Waals surface area contributed by atoms with Crippen molar-refractivity contribution in [3.8, 4) is 0 Å². The number of carbonyl (C=O) groups excluding carboxylic acids is 1. The number of benzene rings is 1. The molecule has 0 spiro atoms. The quantitative estimate of drug-likeness (QED) is 0.802. The van der Waals surface area contributed by atoms with Crippen molar-refractivity contribution >= 4 is 11.6 Å². The average Bonchev–Trinajstić information content (AvgIpc) is 2.30. The highest BCUT2D eigenvalue weighted by molar-refractivity contribution is 5.94. The lowest BCUT2D eigenvalue weighted by Gasteiger charge is -2.27. The summed E-state index contributed by atoms with van der Waals surface area (Å²) in [4.78, 5) is 12.9. The lowest BCUT2D eigenvalue weighted by Crippen LogP contribution is -2.42. The van der Waals surface area contributed by atoms with Crippen LogP contribution in [-0.2, 0) is 16.1 Å². The molecule has 1 saturated heterocycles. The topological polar surface area (TPSA) is 55.6 Å². The second kappa shape index (κ2) is 4.59. The third kappa shape index (κ3) is 2.05. The number of hydrogen-bond acceptors (Lipinski definition) is 3. The van der Waals surface area contributed by atoms with Crippen LogP contribution < -0.4 is 10.6 Å². The van der Waals surface area contributed by atoms with Crippen LogP contribution in [0.15, 0.2) is 18.2 Å². The molecular weight excluding hydrogens is 211 g/mol. The van der Waals surface area contributed by atoms with Crippen LogP contribution in [0.2, 0.25) is 0 Å². The monoisotopic (exact) mass is 224 g/mol. The van der Waals surface area contributed by atoms with E-state index in [0.717, 1.165) is 0 Å². The van der Waals surface area contributed by atoms with Gasteiger partial charge in [-0.2, -0.15) is 0 Å². The van der Waals surface area contributed by atoms with Gasteiger partial charge in [0, 0.05) is 13.1 Å². The van der Waals surface area contributed by atoms with E-state index in [9.17, 15) is 9.18 Å². The predicted molar refractivity (Wildman–Crippen MR) is 57.5 cm³/mol. The fraction of sp³-hybridized carbons (Fsp3) is 0.364. The van der Waals surface area contributed by atoms with Gasteiger partial charge in [-0.05, 0) is 17.7 Å². The maximum atomic E-state index is 13.7. The molecule has 0 bridgehead atoms. The molecule has 1 aliphatic rings. The summed E-state index contributed by atoms with van der Waals surface area (Å²) in [5, 5.41) is 0. The molecular formula is C11H13FN2O2. The zero-order valence-electron chi connectivity index (χ0n) is 8.78. The zero-order valence-corrected chi connectivity index (χ0v) is 8.78. The van der Waals surface area contributed by atoms with Crippen LogP contribution in [0, 0.1) is 5.82 Å². The van der Waals surface area contributed by atoms with Crippen molar-refractivity contribution in [2.24, 2.45) is 5.73 Å². The van der Waals surface area contributed by atoms with Gasteiger partial charge in [-0.15, -0.1) is 0 Å². The van der Waals surface area contributed by atoms with E-state index in [1.807, 2.05) is 0 Å². The van der Waals surface area contributed by atoms with Crippen LogP contribution in [0.25, 0.3) is 0 Å². The van der Waals surface area contributed by atoms with Gasteiger partial charge in [0.05, 0.1) is 12.3 Å². The average molecular weight is 224 g/mol. The number of anilines is 1. The number of carbonyl (C=O) groups is 1. The largest absolute Gasteiger partial charge is 0.370 e. The molecule has 1 aliphatic heterocycles. The first kappa shape index (κ1) is 11.0. The minimum atomic E-state index is -0.418. The first-order chi connectivity index (χ1) is 7.72. The summed E-state index contributed by atoms with van der Waals surface area (Å²) >= 11 is 0. The number of nitrogens with two attached hydrogens (primary N) is 1. The second-order valence-corrected chi connectivity index (χ2v) is 3.59. The van der Waals surface area contributed by atoms with Gasteiger partial charge in [0.2, 0.25) is 0 Å². The van der Waals surface area contributed by atoms with E-state index in [1.165, 1.54) is 11.0 Å². The van der Waals surface area contributed by atoms with Crippen molar-refractivity contribution in [3.63, 3.8) is 0 Å². The summed E-state index contributed by atoms with van der Waals surface area (Å²) in [5.74, 6) is -0.635. The Balaban J connectivity index is 2.28. The summed E-state index contributed by atoms with van der Waals surface area (Å²) in [6.45, 7) is 1.12. The van der Waals surface area contributed by atoms with E-state index in [4.69, 9.17) is 10.5 Å². The molecule has 1 heterocycles. The standard InChI is InChI=1S/C11H13FN2O2/c12-9-5-8(6-13)1-2-10(9)14-3-4-16-7-11(14)15/h1-2,5H,3-4,6-7,13H2. The highest BCUT2D eigenvalue weighted by atomic mass is 19.1. The molecule has 1 aromatic carbocycles. The second-order valence-electron chi connectivity index (χ2n) is 3.59. The van der Waals surface area contributed by atoms with Gasteiger partial charge in [0.1, 0.15) is 12.4 Å². The zero-order chi connectivity index (χ0) is 11.5. The van der Waals surface area contributed by atoms with Gasteiger partial charge in [-0.1, -0.05) is 6.07 Å². The lowest BCUT2D eigenvalue weighted by atomic mass is 10.1. The Labute approximate surface area is 92.8 Å². The number of amides is 1. The van der Waals surface area contributed by atoms with E-state index >= 15 is 0 Å². The van der Waals surface area contributed by atoms with Crippen molar-refractivity contribution < 1.29 is 13.9 Å². The van der Waals surface area contributed by atoms with Crippen molar-refractivity contribution in [1.82, 2.24) is 0 Å². The number of ether oxygens (including phenoxy) is 1. The molecule has 0 aromatic heterocycles. The molecule has 0 atom stereocenters. The van der Waals surface area contributed by atoms with Crippen molar-refractivity contribution in [1.29, 1.82) is 0 Å². The van der Waals surface area contributed by atoms with Crippen molar-refractivity contribution in [3.05, 3.63) is 29.6 Å². The molecule has 1 amide bonds. The fourth-order valence-corrected chi connectivity index (χ4v) is 1.67. The third-order valence-corrected chi connectivity index (χ3v) is 2.52. The Morgan fingerprint density at radius 1 is 1.50 bits per heavy atom. The van der Waals surface area contributed by atoms with E-state index in [0.29, 0.717) is 24.4 Å². The van der Waals surface area contributed by atoms with E-state index in [2.05, 4.69) is 0 Å². The minimum Gasteiger partial charge on any atom is -0.370 e. The summed E-state index contributed by atoms with van der Waals surface area (Å²) in [6, 6.07) is 4.67. The van der Waals surface area contributed by atoms with Crippen LogP contribution in [0.4, 0.5) is 10.1 Å². The molecule has 1 aromatic rings. The molecule has 2 N–H and O–H groups in total. The van der Waals surface area contributed by atoms with E-state index in [1.54, 1.807) is 12.1 Å². The molecule has 2 rings (SSSR count). The Bertz CT molecular complexity index is 409. The van der Waals surface area contributed by atoms with Crippen LogP contribution in [0.5, 0.6) is 0 Å². The SMILES string of the molecule is NCc1ccc(N2CCOCC2=O)c(F)c1. The van der Waals surface area contributed by atoms with Gasteiger partial charge in [-0.3, -0.25) is 4.79 Å². The number of morpholine rings is 1. The predicted octanol–water partition coefficient (Wildman–Crippen LogP) is 0.648. The van der Waals surface area contributed by atoms with Gasteiger partial charge in [-0.25, -0.2) is 4.39 Å². The molecule has 0 aliphatic carbocycles. The molecule has 0 unspecified atom stereocenters. The maximum absolute atomic E-state index is 13.7. The van der Waals surface area contributed by atoms with Crippen molar-refractivity contribution in [2.45, 2.75) is 6.54 Å². The molecule has 5 heteroatoms. The highest BCUT2D eigenvalue weighted by Crippen LogP contribution is 2.21. The number of halogens is 1.